The van der Waals surface area contributed by atoms with Gasteiger partial charge < -0.3 is 25.7 Å². The standard InChI is InChI=1S/C22H27ClFN5O4/c1-12(10-33-2)27-22(32)18-19(20(25)30)29(11-26-18)15-6-3-13(4-7-15)21(31)28-17-8-5-14(24)9-16(17)23/h5,8-9,11-13,15H,3-4,6-7,10H2,1-2H3,(H2,25,30)(H,27,32)(H,28,31)/t12-,13?,15?/m1/s1. The van der Waals surface area contributed by atoms with Crippen LogP contribution in [0.4, 0.5) is 10.1 Å². The van der Waals surface area contributed by atoms with Crippen molar-refractivity contribution in [1.29, 1.82) is 0 Å². The molecule has 0 spiro atoms. The first-order chi connectivity index (χ1) is 15.7. The largest absolute Gasteiger partial charge is 0.383 e. The van der Waals surface area contributed by atoms with Gasteiger partial charge in [-0.1, -0.05) is 11.6 Å². The van der Waals surface area contributed by atoms with Gasteiger partial charge in [-0.3, -0.25) is 14.4 Å². The Kier molecular flexibility index (Phi) is 8.04. The van der Waals surface area contributed by atoms with Gasteiger partial charge in [0.1, 0.15) is 11.5 Å². The molecule has 0 aliphatic heterocycles. The normalized spacial score (nSPS) is 19.0. The molecule has 3 rings (SSSR count). The lowest BCUT2D eigenvalue weighted by Crippen LogP contribution is -2.37. The minimum absolute atomic E-state index is 0.0312. The lowest BCUT2D eigenvalue weighted by molar-refractivity contribution is -0.121. The number of carbonyl (C=O) groups is 3. The minimum Gasteiger partial charge on any atom is -0.383 e. The molecule has 33 heavy (non-hydrogen) atoms. The van der Waals surface area contributed by atoms with Crippen molar-refractivity contribution in [3.8, 4) is 0 Å². The van der Waals surface area contributed by atoms with Crippen molar-refractivity contribution in [3.63, 3.8) is 0 Å². The van der Waals surface area contributed by atoms with Gasteiger partial charge in [0, 0.05) is 25.1 Å². The second-order valence-electron chi connectivity index (χ2n) is 8.16. The highest BCUT2D eigenvalue weighted by Gasteiger charge is 2.31. The molecule has 3 amide bonds. The van der Waals surface area contributed by atoms with Gasteiger partial charge in [0.05, 0.1) is 23.6 Å². The van der Waals surface area contributed by atoms with E-state index in [1.54, 1.807) is 11.5 Å². The highest BCUT2D eigenvalue weighted by Crippen LogP contribution is 2.34. The number of rotatable bonds is 8. The van der Waals surface area contributed by atoms with Crippen LogP contribution in [0.1, 0.15) is 59.6 Å². The van der Waals surface area contributed by atoms with E-state index in [1.165, 1.54) is 25.6 Å². The van der Waals surface area contributed by atoms with Gasteiger partial charge in [-0.2, -0.15) is 0 Å². The van der Waals surface area contributed by atoms with E-state index in [2.05, 4.69) is 15.6 Å². The first-order valence-electron chi connectivity index (χ1n) is 10.6. The molecule has 9 nitrogen and oxygen atoms in total. The Hall–Kier alpha value is -2.98. The molecule has 1 heterocycles. The third-order valence-electron chi connectivity index (χ3n) is 5.69. The quantitative estimate of drug-likeness (QED) is 0.536. The Bertz CT molecular complexity index is 1040. The first-order valence-corrected chi connectivity index (χ1v) is 11.0. The number of carbonyl (C=O) groups excluding carboxylic acids is 3. The molecule has 178 valence electrons. The number of nitrogens with one attached hydrogen (secondary N) is 2. The zero-order chi connectivity index (χ0) is 24.1. The second kappa shape index (κ2) is 10.8. The Morgan fingerprint density at radius 3 is 2.61 bits per heavy atom. The SMILES string of the molecule is COC[C@@H](C)NC(=O)c1ncn(C2CCC(C(=O)Nc3ccc(F)cc3Cl)CC2)c1C(N)=O. The molecule has 4 N–H and O–H groups in total. The summed E-state index contributed by atoms with van der Waals surface area (Å²) in [4.78, 5) is 41.5. The van der Waals surface area contributed by atoms with Gasteiger partial charge in [-0.15, -0.1) is 0 Å². The summed E-state index contributed by atoms with van der Waals surface area (Å²) in [6.45, 7) is 2.08. The van der Waals surface area contributed by atoms with E-state index in [4.69, 9.17) is 22.1 Å². The van der Waals surface area contributed by atoms with Crippen LogP contribution in [0.15, 0.2) is 24.5 Å². The molecule has 1 fully saturated rings. The number of nitrogens with two attached hydrogens (primary N) is 1. The fourth-order valence-corrected chi connectivity index (χ4v) is 4.29. The summed E-state index contributed by atoms with van der Waals surface area (Å²) >= 11 is 5.99. The Morgan fingerprint density at radius 2 is 2.00 bits per heavy atom. The first kappa shape index (κ1) is 24.7. The lowest BCUT2D eigenvalue weighted by atomic mass is 9.85. The fraction of sp³-hybridized carbons (Fsp3) is 0.455. The van der Waals surface area contributed by atoms with Crippen LogP contribution in [-0.4, -0.2) is 47.0 Å². The number of aromatic nitrogens is 2. The Labute approximate surface area is 195 Å². The van der Waals surface area contributed by atoms with E-state index < -0.39 is 17.6 Å². The molecule has 1 aliphatic carbocycles. The number of hydrogen-bond acceptors (Lipinski definition) is 5. The van der Waals surface area contributed by atoms with Crippen LogP contribution in [0.5, 0.6) is 0 Å². The van der Waals surface area contributed by atoms with Gasteiger partial charge in [-0.25, -0.2) is 9.37 Å². The number of anilines is 1. The van der Waals surface area contributed by atoms with Crippen LogP contribution in [0, 0.1) is 11.7 Å². The fourth-order valence-electron chi connectivity index (χ4n) is 4.07. The minimum atomic E-state index is -0.747. The van der Waals surface area contributed by atoms with Gasteiger partial charge in [0.15, 0.2) is 5.69 Å². The van der Waals surface area contributed by atoms with Crippen LogP contribution in [0.2, 0.25) is 5.02 Å². The van der Waals surface area contributed by atoms with Crippen molar-refractivity contribution in [3.05, 3.63) is 46.8 Å². The second-order valence-corrected chi connectivity index (χ2v) is 8.57. The number of ether oxygens (including phenoxy) is 1. The third-order valence-corrected chi connectivity index (χ3v) is 6.00. The van der Waals surface area contributed by atoms with E-state index in [0.29, 0.717) is 38.0 Å². The maximum absolute atomic E-state index is 13.2. The highest BCUT2D eigenvalue weighted by molar-refractivity contribution is 6.33. The number of imidazole rings is 1. The smallest absolute Gasteiger partial charge is 0.272 e. The van der Waals surface area contributed by atoms with Crippen molar-refractivity contribution < 1.29 is 23.5 Å². The predicted molar refractivity (Wildman–Crippen MR) is 121 cm³/mol. The van der Waals surface area contributed by atoms with Crippen LogP contribution in [0.25, 0.3) is 0 Å². The molecular weight excluding hydrogens is 453 g/mol. The van der Waals surface area contributed by atoms with E-state index in [0.717, 1.165) is 6.07 Å². The van der Waals surface area contributed by atoms with E-state index in [-0.39, 0.29) is 40.3 Å². The van der Waals surface area contributed by atoms with Gasteiger partial charge in [0.2, 0.25) is 5.91 Å². The summed E-state index contributed by atoms with van der Waals surface area (Å²) in [5.41, 5.74) is 5.94. The van der Waals surface area contributed by atoms with Crippen molar-refractivity contribution in [1.82, 2.24) is 14.9 Å². The van der Waals surface area contributed by atoms with Crippen LogP contribution in [0.3, 0.4) is 0 Å². The molecule has 2 aromatic rings. The molecule has 1 aromatic carbocycles. The molecule has 11 heteroatoms. The third kappa shape index (κ3) is 5.88. The van der Waals surface area contributed by atoms with Gasteiger partial charge in [-0.05, 0) is 50.8 Å². The monoisotopic (exact) mass is 479 g/mol. The van der Waals surface area contributed by atoms with Crippen LogP contribution in [-0.2, 0) is 9.53 Å². The van der Waals surface area contributed by atoms with Crippen molar-refractivity contribution in [2.45, 2.75) is 44.7 Å². The molecule has 0 radical (unpaired) electrons. The van der Waals surface area contributed by atoms with Crippen molar-refractivity contribution in [2.24, 2.45) is 11.7 Å². The topological polar surface area (TPSA) is 128 Å². The molecule has 0 unspecified atom stereocenters. The van der Waals surface area contributed by atoms with Crippen molar-refractivity contribution in [2.75, 3.05) is 19.0 Å². The average molecular weight is 480 g/mol. The Morgan fingerprint density at radius 1 is 1.30 bits per heavy atom. The maximum Gasteiger partial charge on any atom is 0.272 e. The molecule has 1 atom stereocenters. The molecular formula is C22H27ClFN5O4. The lowest BCUT2D eigenvalue weighted by Gasteiger charge is -2.29. The summed E-state index contributed by atoms with van der Waals surface area (Å²) in [7, 11) is 1.52. The van der Waals surface area contributed by atoms with Crippen LogP contribution >= 0.6 is 11.6 Å². The molecule has 1 saturated carbocycles. The predicted octanol–water partition coefficient (Wildman–Crippen LogP) is 2.91. The van der Waals surface area contributed by atoms with E-state index in [9.17, 15) is 18.8 Å². The number of benzene rings is 1. The zero-order valence-electron chi connectivity index (χ0n) is 18.4. The molecule has 1 aromatic heterocycles. The number of primary amides is 1. The van der Waals surface area contributed by atoms with E-state index >= 15 is 0 Å². The summed E-state index contributed by atoms with van der Waals surface area (Å²) < 4.78 is 19.8. The summed E-state index contributed by atoms with van der Waals surface area (Å²) in [5.74, 6) is -2.19. The summed E-state index contributed by atoms with van der Waals surface area (Å²) in [6, 6.07) is 3.40. The van der Waals surface area contributed by atoms with Gasteiger partial charge >= 0.3 is 0 Å². The number of halogens is 2. The maximum atomic E-state index is 13.2. The van der Waals surface area contributed by atoms with Crippen LogP contribution < -0.4 is 16.4 Å². The molecule has 0 bridgehead atoms. The Balaban J connectivity index is 1.66. The number of hydrogen-bond donors (Lipinski definition) is 3. The highest BCUT2D eigenvalue weighted by atomic mass is 35.5. The van der Waals surface area contributed by atoms with E-state index in [1.807, 2.05) is 0 Å². The van der Waals surface area contributed by atoms with Crippen molar-refractivity contribution >= 4 is 35.0 Å². The average Bonchev–Trinajstić information content (AvgIpc) is 3.21. The number of nitrogens with zero attached hydrogens (tertiary/aromatic N) is 2. The number of methoxy groups -OCH3 is 1. The molecule has 0 saturated heterocycles. The molecule has 1 aliphatic rings. The summed E-state index contributed by atoms with van der Waals surface area (Å²) in [5, 5.41) is 5.60. The number of amides is 3. The summed E-state index contributed by atoms with van der Waals surface area (Å²) in [6.07, 6.45) is 3.73. The van der Waals surface area contributed by atoms with Gasteiger partial charge in [0.25, 0.3) is 11.8 Å². The zero-order valence-corrected chi connectivity index (χ0v) is 19.2.